The Labute approximate surface area is 93.7 Å². The van der Waals surface area contributed by atoms with Crippen LogP contribution in [0.1, 0.15) is 10.4 Å². The number of pyridine rings is 1. The number of aromatic hydroxyl groups is 1. The first-order chi connectivity index (χ1) is 7.69. The van der Waals surface area contributed by atoms with E-state index in [1.165, 1.54) is 23.4 Å². The quantitative estimate of drug-likeness (QED) is 0.707. The molecule has 0 bridgehead atoms. The van der Waals surface area contributed by atoms with Crippen LogP contribution in [0.4, 0.5) is 0 Å². The highest BCUT2D eigenvalue weighted by Crippen LogP contribution is 2.10. The Morgan fingerprint density at radius 2 is 2.31 bits per heavy atom. The summed E-state index contributed by atoms with van der Waals surface area (Å²) in [7, 11) is 0. The molecular weight excluding hydrogens is 208 g/mol. The maximum atomic E-state index is 11.9. The van der Waals surface area contributed by atoms with Crippen molar-refractivity contribution in [1.82, 2.24) is 9.88 Å². The number of aliphatic hydroxyl groups excluding tert-OH is 1. The Bertz CT molecular complexity index is 379. The molecule has 1 rings (SSSR count). The van der Waals surface area contributed by atoms with E-state index in [9.17, 15) is 9.90 Å². The molecule has 0 unspecified atom stereocenters. The molecule has 0 saturated heterocycles. The predicted octanol–water partition coefficient (Wildman–Crippen LogP) is 0.408. The standard InChI is InChI=1S/C11H14N2O3/c1-2-3-13(4-5-14)11(16)9-6-10(15)8-12-7-9/h2,6-8,14-15H,1,3-5H2. The van der Waals surface area contributed by atoms with Crippen LogP contribution >= 0.6 is 0 Å². The van der Waals surface area contributed by atoms with E-state index < -0.39 is 0 Å². The molecule has 0 aliphatic heterocycles. The van der Waals surface area contributed by atoms with Gasteiger partial charge in [-0.15, -0.1) is 6.58 Å². The molecule has 1 amide bonds. The molecule has 0 atom stereocenters. The van der Waals surface area contributed by atoms with Crippen LogP contribution in [-0.4, -0.2) is 45.7 Å². The Morgan fingerprint density at radius 3 is 2.88 bits per heavy atom. The Balaban J connectivity index is 2.85. The number of hydrogen-bond donors (Lipinski definition) is 2. The van der Waals surface area contributed by atoms with Gasteiger partial charge in [-0.25, -0.2) is 0 Å². The molecule has 1 aromatic heterocycles. The number of carbonyl (C=O) groups is 1. The van der Waals surface area contributed by atoms with Gasteiger partial charge >= 0.3 is 0 Å². The second kappa shape index (κ2) is 5.87. The molecule has 0 radical (unpaired) electrons. The van der Waals surface area contributed by atoms with Gasteiger partial charge in [-0.2, -0.15) is 0 Å². The second-order valence-corrected chi connectivity index (χ2v) is 3.20. The van der Waals surface area contributed by atoms with E-state index >= 15 is 0 Å². The fourth-order valence-electron chi connectivity index (χ4n) is 1.28. The first-order valence-corrected chi connectivity index (χ1v) is 4.84. The number of nitrogens with zero attached hydrogens (tertiary/aromatic N) is 2. The summed E-state index contributed by atoms with van der Waals surface area (Å²) in [4.78, 5) is 17.0. The van der Waals surface area contributed by atoms with Crippen molar-refractivity contribution in [3.8, 4) is 5.75 Å². The molecular formula is C11H14N2O3. The van der Waals surface area contributed by atoms with Crippen molar-refractivity contribution in [2.75, 3.05) is 19.7 Å². The zero-order valence-corrected chi connectivity index (χ0v) is 8.83. The monoisotopic (exact) mass is 222 g/mol. The minimum atomic E-state index is -0.294. The predicted molar refractivity (Wildman–Crippen MR) is 59.1 cm³/mol. The molecule has 1 aromatic rings. The molecule has 0 aliphatic carbocycles. The summed E-state index contributed by atoms with van der Waals surface area (Å²) in [5.41, 5.74) is 0.287. The van der Waals surface area contributed by atoms with Crippen molar-refractivity contribution in [2.24, 2.45) is 0 Å². The van der Waals surface area contributed by atoms with Gasteiger partial charge in [-0.05, 0) is 6.07 Å². The summed E-state index contributed by atoms with van der Waals surface area (Å²) in [6.45, 7) is 3.98. The van der Waals surface area contributed by atoms with Gasteiger partial charge in [-0.3, -0.25) is 9.78 Å². The normalized spacial score (nSPS) is 9.81. The van der Waals surface area contributed by atoms with Crippen LogP contribution < -0.4 is 0 Å². The highest BCUT2D eigenvalue weighted by molar-refractivity contribution is 5.94. The summed E-state index contributed by atoms with van der Waals surface area (Å²) in [6, 6.07) is 1.34. The third-order valence-electron chi connectivity index (χ3n) is 1.98. The number of aliphatic hydroxyl groups is 1. The van der Waals surface area contributed by atoms with Crippen molar-refractivity contribution in [3.05, 3.63) is 36.7 Å². The van der Waals surface area contributed by atoms with Crippen LogP contribution in [-0.2, 0) is 0 Å². The lowest BCUT2D eigenvalue weighted by Crippen LogP contribution is -2.33. The van der Waals surface area contributed by atoms with E-state index in [4.69, 9.17) is 5.11 Å². The maximum Gasteiger partial charge on any atom is 0.255 e. The van der Waals surface area contributed by atoms with E-state index in [0.717, 1.165) is 0 Å². The van der Waals surface area contributed by atoms with Gasteiger partial charge in [0.25, 0.3) is 5.91 Å². The zero-order valence-electron chi connectivity index (χ0n) is 8.83. The van der Waals surface area contributed by atoms with Crippen molar-refractivity contribution in [1.29, 1.82) is 0 Å². The number of aromatic nitrogens is 1. The molecule has 86 valence electrons. The molecule has 0 aromatic carbocycles. The average Bonchev–Trinajstić information content (AvgIpc) is 2.28. The number of carbonyl (C=O) groups excluding carboxylic acids is 1. The first-order valence-electron chi connectivity index (χ1n) is 4.84. The third-order valence-corrected chi connectivity index (χ3v) is 1.98. The van der Waals surface area contributed by atoms with Gasteiger partial charge in [0.05, 0.1) is 18.4 Å². The lowest BCUT2D eigenvalue weighted by molar-refractivity contribution is 0.0742. The SMILES string of the molecule is C=CCN(CCO)C(=O)c1cncc(O)c1. The van der Waals surface area contributed by atoms with E-state index in [0.29, 0.717) is 6.54 Å². The summed E-state index contributed by atoms with van der Waals surface area (Å²) in [5, 5.41) is 18.0. The van der Waals surface area contributed by atoms with E-state index in [1.54, 1.807) is 6.08 Å². The lowest BCUT2D eigenvalue weighted by atomic mass is 10.2. The average molecular weight is 222 g/mol. The van der Waals surface area contributed by atoms with E-state index in [2.05, 4.69) is 11.6 Å². The molecule has 0 aliphatic rings. The fourth-order valence-corrected chi connectivity index (χ4v) is 1.28. The topological polar surface area (TPSA) is 73.7 Å². The smallest absolute Gasteiger partial charge is 0.255 e. The zero-order chi connectivity index (χ0) is 12.0. The van der Waals surface area contributed by atoms with Gasteiger partial charge < -0.3 is 15.1 Å². The fraction of sp³-hybridized carbons (Fsp3) is 0.273. The lowest BCUT2D eigenvalue weighted by Gasteiger charge is -2.19. The Kier molecular flexibility index (Phi) is 4.47. The minimum Gasteiger partial charge on any atom is -0.506 e. The van der Waals surface area contributed by atoms with E-state index in [-0.39, 0.29) is 30.4 Å². The summed E-state index contributed by atoms with van der Waals surface area (Å²) in [6.07, 6.45) is 4.19. The maximum absolute atomic E-state index is 11.9. The number of rotatable bonds is 5. The molecule has 0 saturated carbocycles. The van der Waals surface area contributed by atoms with Crippen LogP contribution in [0, 0.1) is 0 Å². The summed E-state index contributed by atoms with van der Waals surface area (Å²) < 4.78 is 0. The van der Waals surface area contributed by atoms with Crippen LogP contribution in [0.25, 0.3) is 0 Å². The van der Waals surface area contributed by atoms with Crippen LogP contribution in [0.3, 0.4) is 0 Å². The molecule has 2 N–H and O–H groups in total. The molecule has 0 fully saturated rings. The molecule has 16 heavy (non-hydrogen) atoms. The van der Waals surface area contributed by atoms with Crippen LogP contribution in [0.15, 0.2) is 31.1 Å². The molecule has 0 spiro atoms. The highest BCUT2D eigenvalue weighted by atomic mass is 16.3. The largest absolute Gasteiger partial charge is 0.506 e. The third kappa shape index (κ3) is 3.06. The Hall–Kier alpha value is -1.88. The van der Waals surface area contributed by atoms with Crippen LogP contribution in [0.2, 0.25) is 0 Å². The molecule has 5 heteroatoms. The van der Waals surface area contributed by atoms with Crippen molar-refractivity contribution >= 4 is 5.91 Å². The molecule has 1 heterocycles. The minimum absolute atomic E-state index is 0.0617. The van der Waals surface area contributed by atoms with Gasteiger partial charge in [0.2, 0.25) is 0 Å². The van der Waals surface area contributed by atoms with Crippen molar-refractivity contribution in [2.45, 2.75) is 0 Å². The van der Waals surface area contributed by atoms with Gasteiger partial charge in [0.1, 0.15) is 5.75 Å². The second-order valence-electron chi connectivity index (χ2n) is 3.20. The van der Waals surface area contributed by atoms with Gasteiger partial charge in [-0.1, -0.05) is 6.08 Å². The van der Waals surface area contributed by atoms with Crippen LogP contribution in [0.5, 0.6) is 5.75 Å². The van der Waals surface area contributed by atoms with Gasteiger partial charge in [0, 0.05) is 19.3 Å². The van der Waals surface area contributed by atoms with E-state index in [1.807, 2.05) is 0 Å². The molecule has 5 nitrogen and oxygen atoms in total. The first kappa shape index (κ1) is 12.2. The highest BCUT2D eigenvalue weighted by Gasteiger charge is 2.14. The summed E-state index contributed by atoms with van der Waals surface area (Å²) >= 11 is 0. The summed E-state index contributed by atoms with van der Waals surface area (Å²) in [5.74, 6) is -0.356. The van der Waals surface area contributed by atoms with Gasteiger partial charge in [0.15, 0.2) is 0 Å². The Morgan fingerprint density at radius 1 is 1.56 bits per heavy atom. The number of hydrogen-bond acceptors (Lipinski definition) is 4. The number of amides is 1. The van der Waals surface area contributed by atoms with Crippen molar-refractivity contribution in [3.63, 3.8) is 0 Å². The van der Waals surface area contributed by atoms with Crippen molar-refractivity contribution < 1.29 is 15.0 Å².